The van der Waals surface area contributed by atoms with Gasteiger partial charge in [-0.05, 0) is 113 Å². The quantitative estimate of drug-likeness (QED) is 0.0701. The van der Waals surface area contributed by atoms with Gasteiger partial charge < -0.3 is 23.7 Å². The van der Waals surface area contributed by atoms with Gasteiger partial charge >= 0.3 is 5.97 Å². The topological polar surface area (TPSA) is 175 Å². The van der Waals surface area contributed by atoms with Gasteiger partial charge in [0, 0.05) is 80.3 Å². The molecule has 1 N–H and O–H groups in total. The maximum atomic E-state index is 16.6. The van der Waals surface area contributed by atoms with Gasteiger partial charge in [0.05, 0.1) is 28.9 Å². The van der Waals surface area contributed by atoms with Crippen molar-refractivity contribution in [3.05, 3.63) is 112 Å². The second-order valence-electron chi connectivity index (χ2n) is 19.2. The van der Waals surface area contributed by atoms with Gasteiger partial charge in [-0.15, -0.1) is 0 Å². The summed E-state index contributed by atoms with van der Waals surface area (Å²) in [6, 6.07) is 16.5. The van der Waals surface area contributed by atoms with Gasteiger partial charge in [-0.25, -0.2) is 13.6 Å². The second kappa shape index (κ2) is 19.4. The molecule has 5 amide bonds. The molecule has 0 aliphatic carbocycles. The zero-order valence-corrected chi connectivity index (χ0v) is 40.5. The minimum absolute atomic E-state index is 0.00474. The Hall–Kier alpha value is -7.47. The second-order valence-corrected chi connectivity index (χ2v) is 19.2. The number of rotatable bonds is 14. The number of hydrogen-bond donors (Lipinski definition) is 1. The highest BCUT2D eigenvalue weighted by atomic mass is 19.1. The van der Waals surface area contributed by atoms with Crippen LogP contribution in [0.2, 0.25) is 0 Å². The zero-order chi connectivity index (χ0) is 50.5. The maximum Gasteiger partial charge on any atom is 0.355 e. The molecule has 2 saturated heterocycles. The molecule has 5 heterocycles. The lowest BCUT2D eigenvalue weighted by atomic mass is 9.98. The number of nitrogens with one attached hydrogen (secondary N) is 1. The van der Waals surface area contributed by atoms with E-state index in [1.165, 1.54) is 36.4 Å². The molecule has 16 nitrogen and oxygen atoms in total. The highest BCUT2D eigenvalue weighted by Gasteiger charge is 2.46. The molecule has 1 atom stereocenters. The van der Waals surface area contributed by atoms with E-state index >= 15 is 4.39 Å². The summed E-state index contributed by atoms with van der Waals surface area (Å²) in [7, 11) is 1.80. The first-order valence-corrected chi connectivity index (χ1v) is 23.8. The summed E-state index contributed by atoms with van der Waals surface area (Å²) >= 11 is 0. The number of fused-ring (bicyclic) bond motifs is 3. The van der Waals surface area contributed by atoms with Crippen LogP contribution in [-0.4, -0.2) is 122 Å². The summed E-state index contributed by atoms with van der Waals surface area (Å²) in [6.45, 7) is 11.3. The van der Waals surface area contributed by atoms with Crippen molar-refractivity contribution in [2.75, 3.05) is 45.9 Å². The Kier molecular flexibility index (Phi) is 13.3. The van der Waals surface area contributed by atoms with Crippen LogP contribution in [-0.2, 0) is 39.1 Å². The summed E-state index contributed by atoms with van der Waals surface area (Å²) in [5.74, 6) is -3.69. The van der Waals surface area contributed by atoms with E-state index in [0.29, 0.717) is 95.7 Å². The van der Waals surface area contributed by atoms with Crippen LogP contribution in [0.15, 0.2) is 66.7 Å². The molecule has 2 aromatic heterocycles. The Morgan fingerprint density at radius 1 is 0.831 bits per heavy atom. The van der Waals surface area contributed by atoms with Crippen molar-refractivity contribution in [3.8, 4) is 22.6 Å². The van der Waals surface area contributed by atoms with Crippen LogP contribution in [0.25, 0.3) is 32.8 Å². The molecule has 18 heteroatoms. The lowest BCUT2D eigenvalue weighted by molar-refractivity contribution is -0.136. The van der Waals surface area contributed by atoms with Gasteiger partial charge in [0.2, 0.25) is 11.8 Å². The molecule has 9 rings (SSSR count). The summed E-state index contributed by atoms with van der Waals surface area (Å²) < 4.78 is 52.5. The molecule has 370 valence electrons. The Morgan fingerprint density at radius 3 is 2.28 bits per heavy atom. The highest BCUT2D eigenvalue weighted by Crippen LogP contribution is 2.41. The summed E-state index contributed by atoms with van der Waals surface area (Å²) in [6.07, 6.45) is 0.844. The number of amides is 5. The molecule has 1 unspecified atom stereocenters. The number of carbonyl (C=O) groups is 6. The van der Waals surface area contributed by atoms with Crippen LogP contribution in [0, 0.1) is 25.5 Å². The van der Waals surface area contributed by atoms with E-state index in [2.05, 4.69) is 15.3 Å². The molecule has 0 spiro atoms. The van der Waals surface area contributed by atoms with Crippen molar-refractivity contribution < 1.29 is 51.8 Å². The number of esters is 1. The largest absolute Gasteiger partial charge is 0.493 e. The number of benzene rings is 4. The number of carbonyl (C=O) groups excluding carboxylic acids is 6. The van der Waals surface area contributed by atoms with Crippen molar-refractivity contribution in [1.29, 1.82) is 0 Å². The fourth-order valence-corrected chi connectivity index (χ4v) is 9.98. The lowest BCUT2D eigenvalue weighted by Gasteiger charge is -2.35. The fraction of sp³-hybridized carbons (Fsp3) is 0.377. The molecule has 0 saturated carbocycles. The molecule has 0 bridgehead atoms. The number of aryl methyl sites for hydroxylation is 3. The van der Waals surface area contributed by atoms with Crippen LogP contribution in [0.5, 0.6) is 11.5 Å². The molecular weight excluding hydrogens is 917 g/mol. The lowest BCUT2D eigenvalue weighted by Crippen LogP contribution is -2.54. The summed E-state index contributed by atoms with van der Waals surface area (Å²) in [5, 5.41) is 8.98. The van der Waals surface area contributed by atoms with Crippen molar-refractivity contribution in [2.45, 2.75) is 78.5 Å². The number of hydrogen-bond acceptors (Lipinski definition) is 11. The van der Waals surface area contributed by atoms with Crippen LogP contribution in [0.3, 0.4) is 0 Å². The van der Waals surface area contributed by atoms with Gasteiger partial charge in [-0.3, -0.25) is 43.8 Å². The number of piperidine rings is 1. The molecule has 71 heavy (non-hydrogen) atoms. The first-order chi connectivity index (χ1) is 33.9. The smallest absolute Gasteiger partial charge is 0.355 e. The van der Waals surface area contributed by atoms with E-state index < -0.39 is 53.7 Å². The Bertz CT molecular complexity index is 3160. The minimum Gasteiger partial charge on any atom is -0.493 e. The Balaban J connectivity index is 0.941. The van der Waals surface area contributed by atoms with Crippen molar-refractivity contribution in [3.63, 3.8) is 0 Å². The minimum atomic E-state index is -1.14. The average molecular weight is 972 g/mol. The number of halogens is 2. The third kappa shape index (κ3) is 9.47. The molecule has 0 radical (unpaired) electrons. The van der Waals surface area contributed by atoms with E-state index in [1.54, 1.807) is 49.5 Å². The summed E-state index contributed by atoms with van der Waals surface area (Å²) in [4.78, 5) is 84.1. The zero-order valence-electron chi connectivity index (χ0n) is 40.5. The van der Waals surface area contributed by atoms with Crippen LogP contribution < -0.4 is 14.8 Å². The van der Waals surface area contributed by atoms with E-state index in [4.69, 9.17) is 14.2 Å². The van der Waals surface area contributed by atoms with E-state index in [1.807, 2.05) is 36.6 Å². The third-order valence-electron chi connectivity index (χ3n) is 13.4. The van der Waals surface area contributed by atoms with Gasteiger partial charge in [0.15, 0.2) is 6.61 Å². The van der Waals surface area contributed by atoms with E-state index in [-0.39, 0.29) is 54.6 Å². The molecule has 4 aromatic carbocycles. The van der Waals surface area contributed by atoms with E-state index in [0.717, 1.165) is 16.0 Å². The van der Waals surface area contributed by atoms with Gasteiger partial charge in [-0.2, -0.15) is 5.10 Å². The predicted octanol–water partition coefficient (Wildman–Crippen LogP) is 6.68. The molecule has 2 fully saturated rings. The fourth-order valence-electron chi connectivity index (χ4n) is 9.98. The van der Waals surface area contributed by atoms with Crippen molar-refractivity contribution in [1.82, 2.24) is 34.4 Å². The predicted molar refractivity (Wildman–Crippen MR) is 258 cm³/mol. The standard InChI is InChI=1S/C53H55F2N7O9/c1-30-44(31(2)58(6)57-30)46-38(55)18-17-36-35(12-9-27-69-40-13-7-10-32-28-33(54)15-16-34(32)40)48(52(68)71-53(3,4)5)61(47(36)46)26-23-59-21-24-60(25-22-59)43(64)29-70-41-14-8-11-37-45(41)51(67)62(50(37)66)39-19-20-42(63)56-49(39)65/h7-8,10-11,13-18,28,39H,9,12,19-27,29H2,1-6H3,(H,56,63,65). The Morgan fingerprint density at radius 2 is 1.56 bits per heavy atom. The first kappa shape index (κ1) is 48.5. The number of aromatic nitrogens is 3. The van der Waals surface area contributed by atoms with Gasteiger partial charge in [0.25, 0.3) is 17.7 Å². The Labute approximate surface area is 408 Å². The van der Waals surface area contributed by atoms with Crippen LogP contribution in [0.1, 0.15) is 88.2 Å². The van der Waals surface area contributed by atoms with Crippen LogP contribution in [0.4, 0.5) is 8.78 Å². The van der Waals surface area contributed by atoms with Gasteiger partial charge in [0.1, 0.15) is 40.5 Å². The molecule has 3 aliphatic rings. The SMILES string of the molecule is Cc1nn(C)c(C)c1-c1c(F)ccc2c(CCCOc3cccc4cc(F)ccc34)c(C(=O)OC(C)(C)C)n(CCN3CCN(C(=O)COc4cccc5c4C(=O)N(C4CCC(=O)NC4=O)C5=O)CC3)c12. The molecule has 3 aliphatic heterocycles. The number of piperazine rings is 1. The number of ether oxygens (including phenoxy) is 3. The molecular formula is C53H55F2N7O9. The number of nitrogens with zero attached hydrogens (tertiary/aromatic N) is 6. The first-order valence-electron chi connectivity index (χ1n) is 23.8. The monoisotopic (exact) mass is 971 g/mol. The van der Waals surface area contributed by atoms with Crippen LogP contribution >= 0.6 is 0 Å². The average Bonchev–Trinajstić information content (AvgIpc) is 3.88. The van der Waals surface area contributed by atoms with E-state index in [9.17, 15) is 33.2 Å². The highest BCUT2D eigenvalue weighted by molar-refractivity contribution is 6.24. The normalized spacial score (nSPS) is 16.5. The maximum absolute atomic E-state index is 16.6. The van der Waals surface area contributed by atoms with Gasteiger partial charge in [-0.1, -0.05) is 18.2 Å². The van der Waals surface area contributed by atoms with Crippen molar-refractivity contribution in [2.24, 2.45) is 7.05 Å². The summed E-state index contributed by atoms with van der Waals surface area (Å²) in [5.41, 5.74) is 3.01. The van der Waals surface area contributed by atoms with Crippen molar-refractivity contribution >= 4 is 57.2 Å². The molecule has 6 aromatic rings. The third-order valence-corrected chi connectivity index (χ3v) is 13.4. The number of imide groups is 2.